The lowest BCUT2D eigenvalue weighted by molar-refractivity contribution is -0.139. The number of nitrogens with one attached hydrogen (secondary N) is 2. The minimum Gasteiger partial charge on any atom is -0.465 e. The SMILES string of the molecule is CC(C)(CC(N)=O)[C@H](NC(=O)O)C(=O)N1C[C@@H](F)C[C@H]1c1ccc(CN(Cc2ccc([C@@H]3C[C@H](F)CN3C(=O)[C@@H](NC(=O)O)C(C)(C)CC(N)=O)cc2)c2ccccc2)cc1. The van der Waals surface area contributed by atoms with E-state index in [-0.39, 0.29) is 38.8 Å². The van der Waals surface area contributed by atoms with Gasteiger partial charge >= 0.3 is 12.2 Å². The molecule has 0 spiro atoms. The van der Waals surface area contributed by atoms with Gasteiger partial charge in [-0.2, -0.15) is 0 Å². The molecular weight excluding hydrogens is 793 g/mol. The third-order valence-electron chi connectivity index (χ3n) is 11.5. The Labute approximate surface area is 353 Å². The predicted molar refractivity (Wildman–Crippen MR) is 222 cm³/mol. The highest BCUT2D eigenvalue weighted by Crippen LogP contribution is 2.39. The molecule has 61 heavy (non-hydrogen) atoms. The van der Waals surface area contributed by atoms with E-state index in [1.54, 1.807) is 27.7 Å². The Morgan fingerprint density at radius 2 is 1.02 bits per heavy atom. The molecule has 2 saturated heterocycles. The molecule has 2 fully saturated rings. The maximum absolute atomic E-state index is 15.0. The van der Waals surface area contributed by atoms with Crippen LogP contribution in [0.5, 0.6) is 0 Å². The van der Waals surface area contributed by atoms with Crippen LogP contribution in [-0.2, 0) is 32.3 Å². The van der Waals surface area contributed by atoms with E-state index in [0.717, 1.165) is 16.8 Å². The number of carbonyl (C=O) groups is 6. The van der Waals surface area contributed by atoms with Crippen molar-refractivity contribution in [2.75, 3.05) is 18.0 Å². The first-order chi connectivity index (χ1) is 28.6. The molecule has 15 nitrogen and oxygen atoms in total. The van der Waals surface area contributed by atoms with Crippen molar-refractivity contribution in [1.82, 2.24) is 20.4 Å². The fraction of sp³-hybridized carbons (Fsp3) is 0.455. The summed E-state index contributed by atoms with van der Waals surface area (Å²) < 4.78 is 30.0. The summed E-state index contributed by atoms with van der Waals surface area (Å²) in [5.41, 5.74) is 12.5. The van der Waals surface area contributed by atoms with Crippen molar-refractivity contribution in [2.45, 2.75) is 103 Å². The lowest BCUT2D eigenvalue weighted by atomic mass is 9.80. The van der Waals surface area contributed by atoms with Crippen molar-refractivity contribution < 1.29 is 47.8 Å². The number of benzene rings is 3. The fourth-order valence-electron chi connectivity index (χ4n) is 8.56. The molecule has 3 aromatic carbocycles. The highest BCUT2D eigenvalue weighted by molar-refractivity contribution is 5.89. The second kappa shape index (κ2) is 19.0. The van der Waals surface area contributed by atoms with Crippen molar-refractivity contribution >= 4 is 41.5 Å². The average Bonchev–Trinajstić information content (AvgIpc) is 3.77. The zero-order valence-electron chi connectivity index (χ0n) is 34.7. The largest absolute Gasteiger partial charge is 0.465 e. The minimum atomic E-state index is -1.46. The number of carbonyl (C=O) groups excluding carboxylic acids is 4. The van der Waals surface area contributed by atoms with Crippen LogP contribution in [0.2, 0.25) is 0 Å². The van der Waals surface area contributed by atoms with E-state index in [0.29, 0.717) is 24.2 Å². The van der Waals surface area contributed by atoms with Gasteiger partial charge in [-0.15, -0.1) is 0 Å². The van der Waals surface area contributed by atoms with Gasteiger partial charge in [0.1, 0.15) is 24.4 Å². The predicted octanol–water partition coefficient (Wildman–Crippen LogP) is 5.19. The summed E-state index contributed by atoms with van der Waals surface area (Å²) in [6, 6.07) is 20.5. The lowest BCUT2D eigenvalue weighted by Crippen LogP contribution is -2.56. The number of hydrogen-bond acceptors (Lipinski definition) is 7. The number of anilines is 1. The Hall–Kier alpha value is -6.26. The molecule has 0 radical (unpaired) electrons. The lowest BCUT2D eigenvalue weighted by Gasteiger charge is -2.36. The first kappa shape index (κ1) is 45.8. The van der Waals surface area contributed by atoms with Gasteiger partial charge in [-0.25, -0.2) is 18.4 Å². The monoisotopic (exact) mass is 847 g/mol. The standard InChI is InChI=1S/C44H55F2N7O8/c1-43(2,20-35(47)54)37(49-41(58)59)39(56)52-24-30(45)18-33(52)28-14-10-26(11-15-28)22-51(32-8-6-5-7-9-32)23-27-12-16-29(17-13-27)34-19-31(46)25-53(34)40(57)38(50-42(60)61)44(3,4)21-36(48)55/h5-17,30-31,33-34,37-38,49-50H,18-25H2,1-4H3,(H2,47,54)(H2,48,55)(H,58,59)(H,60,61)/t30-,31-,33-,34-,37+,38+/m0/s1. The molecule has 2 heterocycles. The Balaban J connectivity index is 1.34. The van der Waals surface area contributed by atoms with Crippen molar-refractivity contribution in [2.24, 2.45) is 22.3 Å². The number of para-hydroxylation sites is 1. The van der Waals surface area contributed by atoms with Gasteiger partial charge in [0.2, 0.25) is 23.6 Å². The first-order valence-corrected chi connectivity index (χ1v) is 20.1. The van der Waals surface area contributed by atoms with Crippen molar-refractivity contribution in [3.8, 4) is 0 Å². The molecule has 17 heteroatoms. The van der Waals surface area contributed by atoms with Gasteiger partial charge in [-0.1, -0.05) is 94.4 Å². The second-order valence-electron chi connectivity index (χ2n) is 17.4. The number of halogens is 2. The molecule has 3 aromatic rings. The van der Waals surface area contributed by atoms with E-state index in [2.05, 4.69) is 15.5 Å². The number of alkyl halides is 2. The van der Waals surface area contributed by atoms with Gasteiger partial charge in [-0.3, -0.25) is 19.2 Å². The number of amides is 6. The van der Waals surface area contributed by atoms with E-state index in [4.69, 9.17) is 11.5 Å². The Bertz CT molecular complexity index is 1940. The molecule has 0 aromatic heterocycles. The summed E-state index contributed by atoms with van der Waals surface area (Å²) >= 11 is 0. The minimum absolute atomic E-state index is 0.0130. The van der Waals surface area contributed by atoms with Crippen LogP contribution in [0.15, 0.2) is 78.9 Å². The van der Waals surface area contributed by atoms with E-state index >= 15 is 8.78 Å². The molecule has 8 N–H and O–H groups in total. The summed E-state index contributed by atoms with van der Waals surface area (Å²) in [6.45, 7) is 6.64. The molecule has 6 amide bonds. The van der Waals surface area contributed by atoms with Gasteiger partial charge < -0.3 is 47.0 Å². The number of nitrogens with zero attached hydrogens (tertiary/aromatic N) is 3. The van der Waals surface area contributed by atoms with Gasteiger partial charge in [0, 0.05) is 55.3 Å². The Kier molecular flexibility index (Phi) is 14.3. The fourth-order valence-corrected chi connectivity index (χ4v) is 8.56. The molecule has 5 rings (SSSR count). The number of nitrogens with two attached hydrogens (primary N) is 2. The Morgan fingerprint density at radius 1 is 0.656 bits per heavy atom. The van der Waals surface area contributed by atoms with Crippen LogP contribution >= 0.6 is 0 Å². The number of likely N-dealkylation sites (tertiary alicyclic amines) is 2. The smallest absolute Gasteiger partial charge is 0.405 e. The second-order valence-corrected chi connectivity index (χ2v) is 17.4. The maximum atomic E-state index is 15.0. The summed E-state index contributed by atoms with van der Waals surface area (Å²) in [4.78, 5) is 79.5. The summed E-state index contributed by atoms with van der Waals surface area (Å²) in [5.74, 6) is -2.71. The first-order valence-electron chi connectivity index (χ1n) is 20.1. The molecule has 2 aliphatic heterocycles. The number of rotatable bonds is 17. The number of hydrogen-bond donors (Lipinski definition) is 6. The molecule has 0 saturated carbocycles. The third kappa shape index (κ3) is 11.5. The van der Waals surface area contributed by atoms with Gasteiger partial charge in [0.05, 0.1) is 25.2 Å². The van der Waals surface area contributed by atoms with Crippen LogP contribution in [0.25, 0.3) is 0 Å². The van der Waals surface area contributed by atoms with Gasteiger partial charge in [-0.05, 0) is 34.4 Å². The van der Waals surface area contributed by atoms with E-state index in [1.165, 1.54) is 9.80 Å². The number of primary amides is 2. The van der Waals surface area contributed by atoms with Crippen LogP contribution in [0.1, 0.15) is 87.7 Å². The van der Waals surface area contributed by atoms with Crippen LogP contribution in [0, 0.1) is 10.8 Å². The average molecular weight is 848 g/mol. The van der Waals surface area contributed by atoms with E-state index in [9.17, 15) is 39.0 Å². The Morgan fingerprint density at radius 3 is 1.34 bits per heavy atom. The van der Waals surface area contributed by atoms with Crippen LogP contribution < -0.4 is 27.0 Å². The molecule has 328 valence electrons. The van der Waals surface area contributed by atoms with Crippen LogP contribution in [0.4, 0.5) is 24.1 Å². The van der Waals surface area contributed by atoms with Crippen LogP contribution in [-0.4, -0.2) is 93.3 Å². The molecule has 6 atom stereocenters. The molecule has 0 unspecified atom stereocenters. The quantitative estimate of drug-likeness (QED) is 0.105. The summed E-state index contributed by atoms with van der Waals surface area (Å²) in [6.07, 6.45) is -6.13. The summed E-state index contributed by atoms with van der Waals surface area (Å²) in [7, 11) is 0. The van der Waals surface area contributed by atoms with Gasteiger partial charge in [0.25, 0.3) is 0 Å². The van der Waals surface area contributed by atoms with E-state index in [1.807, 2.05) is 78.9 Å². The summed E-state index contributed by atoms with van der Waals surface area (Å²) in [5, 5.41) is 23.5. The zero-order valence-corrected chi connectivity index (χ0v) is 34.7. The van der Waals surface area contributed by atoms with E-state index < -0.39 is 83.2 Å². The highest BCUT2D eigenvalue weighted by atomic mass is 19.1. The van der Waals surface area contributed by atoms with Crippen molar-refractivity contribution in [3.63, 3.8) is 0 Å². The van der Waals surface area contributed by atoms with Gasteiger partial charge in [0.15, 0.2) is 0 Å². The zero-order chi connectivity index (χ0) is 44.8. The maximum Gasteiger partial charge on any atom is 0.405 e. The van der Waals surface area contributed by atoms with Crippen molar-refractivity contribution in [1.29, 1.82) is 0 Å². The molecule has 2 aliphatic rings. The molecule has 0 aliphatic carbocycles. The molecule has 0 bridgehead atoms. The third-order valence-corrected chi connectivity index (χ3v) is 11.5. The molecular formula is C44H55F2N7O8. The highest BCUT2D eigenvalue weighted by Gasteiger charge is 2.47. The van der Waals surface area contributed by atoms with Crippen molar-refractivity contribution in [3.05, 3.63) is 101 Å². The van der Waals surface area contributed by atoms with Crippen LogP contribution in [0.3, 0.4) is 0 Å². The normalized spacial score (nSPS) is 20.1. The number of carboxylic acid groups (broad SMARTS) is 2. The topological polar surface area (TPSA) is 229 Å².